The van der Waals surface area contributed by atoms with Gasteiger partial charge in [-0.15, -0.1) is 0 Å². The van der Waals surface area contributed by atoms with Crippen LogP contribution in [0.4, 0.5) is 5.69 Å². The second kappa shape index (κ2) is 9.54. The highest BCUT2D eigenvalue weighted by Gasteiger charge is 2.21. The molecule has 0 radical (unpaired) electrons. The van der Waals surface area contributed by atoms with E-state index < -0.39 is 22.5 Å². The lowest BCUT2D eigenvalue weighted by atomic mass is 10.1. The Kier molecular flexibility index (Phi) is 7.00. The molecule has 32 heavy (non-hydrogen) atoms. The van der Waals surface area contributed by atoms with Crippen LogP contribution in [0.15, 0.2) is 53.6 Å². The molecule has 8 nitrogen and oxygen atoms in total. The van der Waals surface area contributed by atoms with E-state index in [0.29, 0.717) is 11.3 Å². The van der Waals surface area contributed by atoms with Crippen LogP contribution in [-0.4, -0.2) is 43.1 Å². The SMILES string of the molecule is Cc1cc(C)cc(N(CC(=O)N/N=C\c2c(Cl)nn(-c3ccccc3)c2C)S(C)(=O)=O)c1. The lowest BCUT2D eigenvalue weighted by Crippen LogP contribution is -2.39. The van der Waals surface area contributed by atoms with Crippen LogP contribution in [-0.2, 0) is 14.8 Å². The fourth-order valence-corrected chi connectivity index (χ4v) is 4.38. The minimum absolute atomic E-state index is 0.234. The van der Waals surface area contributed by atoms with Crippen LogP contribution in [0.5, 0.6) is 0 Å². The Bertz CT molecular complexity index is 1250. The van der Waals surface area contributed by atoms with Crippen molar-refractivity contribution < 1.29 is 13.2 Å². The van der Waals surface area contributed by atoms with Crippen molar-refractivity contribution in [2.75, 3.05) is 17.1 Å². The molecule has 0 bridgehead atoms. The van der Waals surface area contributed by atoms with Gasteiger partial charge in [-0.2, -0.15) is 10.2 Å². The van der Waals surface area contributed by atoms with Gasteiger partial charge in [0.15, 0.2) is 5.15 Å². The monoisotopic (exact) mass is 473 g/mol. The van der Waals surface area contributed by atoms with Crippen LogP contribution in [0.2, 0.25) is 5.15 Å². The van der Waals surface area contributed by atoms with Crippen LogP contribution in [0.1, 0.15) is 22.4 Å². The fraction of sp³-hybridized carbons (Fsp3) is 0.227. The van der Waals surface area contributed by atoms with E-state index in [1.54, 1.807) is 16.8 Å². The van der Waals surface area contributed by atoms with Gasteiger partial charge in [0.2, 0.25) is 10.0 Å². The third kappa shape index (κ3) is 5.54. The molecule has 0 atom stereocenters. The van der Waals surface area contributed by atoms with E-state index in [-0.39, 0.29) is 5.15 Å². The summed E-state index contributed by atoms with van der Waals surface area (Å²) in [5, 5.41) is 8.49. The largest absolute Gasteiger partial charge is 0.271 e. The molecule has 1 aromatic heterocycles. The summed E-state index contributed by atoms with van der Waals surface area (Å²) in [6, 6.07) is 14.8. The highest BCUT2D eigenvalue weighted by Crippen LogP contribution is 2.22. The van der Waals surface area contributed by atoms with Gasteiger partial charge in [-0.25, -0.2) is 18.5 Å². The normalized spacial score (nSPS) is 11.7. The van der Waals surface area contributed by atoms with Gasteiger partial charge < -0.3 is 0 Å². The molecular formula is C22H24ClN5O3S. The Balaban J connectivity index is 1.76. The van der Waals surface area contributed by atoms with Crippen LogP contribution < -0.4 is 9.73 Å². The average Bonchev–Trinajstić information content (AvgIpc) is 2.99. The molecule has 10 heteroatoms. The van der Waals surface area contributed by atoms with Crippen molar-refractivity contribution in [3.63, 3.8) is 0 Å². The number of carbonyl (C=O) groups excluding carboxylic acids is 1. The van der Waals surface area contributed by atoms with E-state index in [0.717, 1.165) is 33.1 Å². The molecule has 0 fully saturated rings. The number of halogens is 1. The first-order chi connectivity index (χ1) is 15.1. The lowest BCUT2D eigenvalue weighted by Gasteiger charge is -2.22. The highest BCUT2D eigenvalue weighted by atomic mass is 35.5. The van der Waals surface area contributed by atoms with Crippen molar-refractivity contribution in [3.05, 3.63) is 76.1 Å². The molecule has 168 valence electrons. The van der Waals surface area contributed by atoms with Crippen molar-refractivity contribution in [2.45, 2.75) is 20.8 Å². The van der Waals surface area contributed by atoms with Gasteiger partial charge in [0.25, 0.3) is 5.91 Å². The number of rotatable bonds is 7. The molecule has 1 amide bonds. The van der Waals surface area contributed by atoms with Crippen LogP contribution >= 0.6 is 11.6 Å². The number of para-hydroxylation sites is 1. The van der Waals surface area contributed by atoms with Crippen LogP contribution in [0, 0.1) is 20.8 Å². The summed E-state index contributed by atoms with van der Waals surface area (Å²) >= 11 is 6.25. The minimum Gasteiger partial charge on any atom is -0.271 e. The third-order valence-electron chi connectivity index (χ3n) is 4.68. The number of benzene rings is 2. The first-order valence-corrected chi connectivity index (χ1v) is 12.0. The molecule has 0 saturated heterocycles. The van der Waals surface area contributed by atoms with Gasteiger partial charge >= 0.3 is 0 Å². The summed E-state index contributed by atoms with van der Waals surface area (Å²) in [4.78, 5) is 12.4. The van der Waals surface area contributed by atoms with E-state index in [9.17, 15) is 13.2 Å². The summed E-state index contributed by atoms with van der Waals surface area (Å²) in [7, 11) is -3.68. The zero-order chi connectivity index (χ0) is 23.5. The fourth-order valence-electron chi connectivity index (χ4n) is 3.28. The number of sulfonamides is 1. The molecule has 0 saturated carbocycles. The summed E-state index contributed by atoms with van der Waals surface area (Å²) in [5.74, 6) is -0.588. The molecule has 3 rings (SSSR count). The van der Waals surface area contributed by atoms with Crippen LogP contribution in [0.3, 0.4) is 0 Å². The molecule has 0 aliphatic carbocycles. The molecule has 0 aliphatic heterocycles. The number of aromatic nitrogens is 2. The zero-order valence-corrected chi connectivity index (χ0v) is 19.8. The molecule has 2 aromatic carbocycles. The number of hydrazone groups is 1. The average molecular weight is 474 g/mol. The van der Waals surface area contributed by atoms with Gasteiger partial charge in [-0.3, -0.25) is 9.10 Å². The van der Waals surface area contributed by atoms with E-state index >= 15 is 0 Å². The van der Waals surface area contributed by atoms with Crippen molar-refractivity contribution in [1.82, 2.24) is 15.2 Å². The van der Waals surface area contributed by atoms with Gasteiger partial charge in [0.1, 0.15) is 6.54 Å². The second-order valence-electron chi connectivity index (χ2n) is 7.45. The predicted molar refractivity (Wildman–Crippen MR) is 127 cm³/mol. The van der Waals surface area contributed by atoms with Crippen molar-refractivity contribution in [2.24, 2.45) is 5.10 Å². The number of hydrogen-bond acceptors (Lipinski definition) is 5. The minimum atomic E-state index is -3.68. The smallest absolute Gasteiger partial charge is 0.260 e. The van der Waals surface area contributed by atoms with Gasteiger partial charge in [-0.1, -0.05) is 35.9 Å². The number of nitrogens with zero attached hydrogens (tertiary/aromatic N) is 4. The lowest BCUT2D eigenvalue weighted by molar-refractivity contribution is -0.119. The quantitative estimate of drug-likeness (QED) is 0.420. The first-order valence-electron chi connectivity index (χ1n) is 9.74. The number of nitrogens with one attached hydrogen (secondary N) is 1. The third-order valence-corrected chi connectivity index (χ3v) is 6.10. The van der Waals surface area contributed by atoms with Crippen molar-refractivity contribution in [3.8, 4) is 5.69 Å². The van der Waals surface area contributed by atoms with Crippen LogP contribution in [0.25, 0.3) is 5.69 Å². The van der Waals surface area contributed by atoms with Gasteiger partial charge in [0.05, 0.1) is 35.1 Å². The molecular weight excluding hydrogens is 450 g/mol. The number of anilines is 1. The second-order valence-corrected chi connectivity index (χ2v) is 9.71. The Morgan fingerprint density at radius 3 is 2.38 bits per heavy atom. The summed E-state index contributed by atoms with van der Waals surface area (Å²) in [6.45, 7) is 5.15. The molecule has 0 spiro atoms. The Labute approximate surface area is 192 Å². The number of hydrogen-bond donors (Lipinski definition) is 1. The first kappa shape index (κ1) is 23.5. The topological polar surface area (TPSA) is 96.7 Å². The Morgan fingerprint density at radius 2 is 1.78 bits per heavy atom. The summed E-state index contributed by atoms with van der Waals surface area (Å²) in [6.07, 6.45) is 2.45. The Hall–Kier alpha value is -3.17. The molecule has 0 unspecified atom stereocenters. The van der Waals surface area contributed by atoms with Gasteiger partial charge in [0, 0.05) is 0 Å². The maximum Gasteiger partial charge on any atom is 0.260 e. The number of aryl methyl sites for hydroxylation is 2. The van der Waals surface area contributed by atoms with Gasteiger partial charge in [-0.05, 0) is 56.2 Å². The van der Waals surface area contributed by atoms with E-state index in [1.807, 2.05) is 57.2 Å². The van der Waals surface area contributed by atoms with E-state index in [2.05, 4.69) is 15.6 Å². The van der Waals surface area contributed by atoms with E-state index in [1.165, 1.54) is 6.21 Å². The summed E-state index contributed by atoms with van der Waals surface area (Å²) in [5.41, 5.74) is 6.71. The predicted octanol–water partition coefficient (Wildman–Crippen LogP) is 3.37. The molecule has 3 aromatic rings. The van der Waals surface area contributed by atoms with E-state index in [4.69, 9.17) is 11.6 Å². The highest BCUT2D eigenvalue weighted by molar-refractivity contribution is 7.92. The maximum absolute atomic E-state index is 12.4. The molecule has 1 N–H and O–H groups in total. The van der Waals surface area contributed by atoms with Crippen molar-refractivity contribution in [1.29, 1.82) is 0 Å². The maximum atomic E-state index is 12.4. The van der Waals surface area contributed by atoms with Crippen molar-refractivity contribution >= 4 is 39.4 Å². The molecule has 1 heterocycles. The molecule has 0 aliphatic rings. The number of carbonyl (C=O) groups is 1. The Morgan fingerprint density at radius 1 is 1.16 bits per heavy atom. The summed E-state index contributed by atoms with van der Waals surface area (Å²) < 4.78 is 27.3. The number of amides is 1. The zero-order valence-electron chi connectivity index (χ0n) is 18.2. The standard InChI is InChI=1S/C22H24ClN5O3S/c1-15-10-16(2)12-19(11-15)27(32(4,30)31)14-21(29)25-24-13-20-17(3)28(26-22(20)23)18-8-6-5-7-9-18/h5-13H,14H2,1-4H3,(H,25,29)/b24-13-.